The largest absolute Gasteiger partial charge is 0.373 e. The second kappa shape index (κ2) is 5.44. The smallest absolute Gasteiger partial charge is 0.277 e. The lowest BCUT2D eigenvalue weighted by molar-refractivity contribution is 0.0982. The van der Waals surface area contributed by atoms with Crippen molar-refractivity contribution in [3.63, 3.8) is 0 Å². The summed E-state index contributed by atoms with van der Waals surface area (Å²) in [6.45, 7) is 1.48. The van der Waals surface area contributed by atoms with Crippen LogP contribution in [0.4, 0.5) is 17.2 Å². The van der Waals surface area contributed by atoms with Gasteiger partial charge in [-0.15, -0.1) is 0 Å². The summed E-state index contributed by atoms with van der Waals surface area (Å²) in [5.41, 5.74) is 2.47. The molecule has 1 aromatic carbocycles. The summed E-state index contributed by atoms with van der Waals surface area (Å²) in [6.07, 6.45) is 0. The number of hydrogen-bond acceptors (Lipinski definition) is 4. The van der Waals surface area contributed by atoms with Gasteiger partial charge in [-0.25, -0.2) is 4.98 Å². The first kappa shape index (κ1) is 13.4. The molecule has 0 fully saturated rings. The minimum absolute atomic E-state index is 0.0624. The van der Waals surface area contributed by atoms with E-state index in [-0.39, 0.29) is 5.91 Å². The van der Waals surface area contributed by atoms with Gasteiger partial charge in [0.25, 0.3) is 5.91 Å². The predicted molar refractivity (Wildman–Crippen MR) is 85.2 cm³/mol. The van der Waals surface area contributed by atoms with Gasteiger partial charge in [-0.2, -0.15) is 0 Å². The van der Waals surface area contributed by atoms with Crippen molar-refractivity contribution in [3.05, 3.63) is 48.2 Å². The Hall–Kier alpha value is -2.56. The van der Waals surface area contributed by atoms with Gasteiger partial charge < -0.3 is 15.1 Å². The van der Waals surface area contributed by atoms with E-state index in [1.807, 2.05) is 43.4 Å². The second-order valence-electron chi connectivity index (χ2n) is 5.03. The van der Waals surface area contributed by atoms with Gasteiger partial charge in [0.1, 0.15) is 11.5 Å². The van der Waals surface area contributed by atoms with Gasteiger partial charge in [0, 0.05) is 27.2 Å². The number of anilines is 3. The number of benzene rings is 1. The van der Waals surface area contributed by atoms with Crippen molar-refractivity contribution in [2.45, 2.75) is 0 Å². The van der Waals surface area contributed by atoms with Crippen LogP contribution in [0.15, 0.2) is 42.5 Å². The van der Waals surface area contributed by atoms with E-state index >= 15 is 0 Å². The summed E-state index contributed by atoms with van der Waals surface area (Å²) in [5, 5.41) is 2.96. The van der Waals surface area contributed by atoms with Crippen LogP contribution in [0.25, 0.3) is 0 Å². The molecule has 5 nitrogen and oxygen atoms in total. The highest BCUT2D eigenvalue weighted by molar-refractivity contribution is 6.07. The van der Waals surface area contributed by atoms with Crippen LogP contribution in [0.3, 0.4) is 0 Å². The van der Waals surface area contributed by atoms with Crippen molar-refractivity contribution >= 4 is 23.1 Å². The quantitative estimate of drug-likeness (QED) is 0.917. The van der Waals surface area contributed by atoms with E-state index < -0.39 is 0 Å². The molecule has 21 heavy (non-hydrogen) atoms. The van der Waals surface area contributed by atoms with E-state index in [1.54, 1.807) is 18.0 Å². The zero-order valence-corrected chi connectivity index (χ0v) is 12.2. The van der Waals surface area contributed by atoms with Crippen molar-refractivity contribution in [2.24, 2.45) is 0 Å². The van der Waals surface area contributed by atoms with Gasteiger partial charge >= 0.3 is 0 Å². The van der Waals surface area contributed by atoms with Crippen LogP contribution < -0.4 is 15.1 Å². The number of nitrogens with one attached hydrogen (secondary N) is 1. The summed E-state index contributed by atoms with van der Waals surface area (Å²) < 4.78 is 0. The van der Waals surface area contributed by atoms with Crippen LogP contribution in [0.5, 0.6) is 0 Å². The van der Waals surface area contributed by atoms with Crippen LogP contribution in [-0.2, 0) is 0 Å². The highest BCUT2D eigenvalue weighted by Gasteiger charge is 2.26. The number of likely N-dealkylation sites (N-methyl/N-ethyl adjacent to an activating group) is 1. The molecule has 1 aromatic heterocycles. The van der Waals surface area contributed by atoms with Crippen molar-refractivity contribution in [1.82, 2.24) is 4.98 Å². The van der Waals surface area contributed by atoms with Gasteiger partial charge in [-0.05, 0) is 24.3 Å². The molecular weight excluding hydrogens is 264 g/mol. The fourth-order valence-electron chi connectivity index (χ4n) is 2.55. The maximum Gasteiger partial charge on any atom is 0.277 e. The molecular formula is C16H18N4O. The summed E-state index contributed by atoms with van der Waals surface area (Å²) in [6, 6.07) is 13.4. The SMILES string of the molecule is CNc1cccc(C(=O)N2CCN(C)c3ccccc32)n1. The van der Waals surface area contributed by atoms with E-state index in [0.717, 1.165) is 17.9 Å². The zero-order chi connectivity index (χ0) is 14.8. The molecule has 3 rings (SSSR count). The van der Waals surface area contributed by atoms with Crippen molar-refractivity contribution in [2.75, 3.05) is 42.3 Å². The van der Waals surface area contributed by atoms with E-state index in [2.05, 4.69) is 15.2 Å². The first-order valence-electron chi connectivity index (χ1n) is 6.97. The maximum atomic E-state index is 12.8. The minimum Gasteiger partial charge on any atom is -0.373 e. The number of carbonyl (C=O) groups excluding carboxylic acids is 1. The average Bonchev–Trinajstić information content (AvgIpc) is 2.55. The molecule has 5 heteroatoms. The molecule has 2 heterocycles. The molecule has 2 aromatic rings. The van der Waals surface area contributed by atoms with Crippen LogP contribution in [0, 0.1) is 0 Å². The third kappa shape index (κ3) is 2.42. The predicted octanol–water partition coefficient (Wildman–Crippen LogP) is 2.22. The minimum atomic E-state index is -0.0624. The summed E-state index contributed by atoms with van der Waals surface area (Å²) in [7, 11) is 3.84. The van der Waals surface area contributed by atoms with Crippen LogP contribution in [0.1, 0.15) is 10.5 Å². The fourth-order valence-corrected chi connectivity index (χ4v) is 2.55. The van der Waals surface area contributed by atoms with Gasteiger partial charge in [-0.1, -0.05) is 18.2 Å². The third-order valence-electron chi connectivity index (χ3n) is 3.71. The van der Waals surface area contributed by atoms with E-state index in [9.17, 15) is 4.79 Å². The number of amides is 1. The molecule has 0 unspecified atom stereocenters. The van der Waals surface area contributed by atoms with Crippen LogP contribution in [-0.4, -0.2) is 38.1 Å². The number of pyridine rings is 1. The van der Waals surface area contributed by atoms with Crippen LogP contribution in [0.2, 0.25) is 0 Å². The van der Waals surface area contributed by atoms with E-state index in [1.165, 1.54) is 0 Å². The average molecular weight is 282 g/mol. The lowest BCUT2D eigenvalue weighted by atomic mass is 10.1. The Bertz CT molecular complexity index is 671. The molecule has 108 valence electrons. The standard InChI is InChI=1S/C16H18N4O/c1-17-15-9-5-6-12(18-15)16(21)20-11-10-19(2)13-7-3-4-8-14(13)20/h3-9H,10-11H2,1-2H3,(H,17,18). The molecule has 0 saturated carbocycles. The number of fused-ring (bicyclic) bond motifs is 1. The highest BCUT2D eigenvalue weighted by Crippen LogP contribution is 2.32. The molecule has 0 spiro atoms. The van der Waals surface area contributed by atoms with Crippen molar-refractivity contribution in [1.29, 1.82) is 0 Å². The molecule has 0 bridgehead atoms. The Kier molecular flexibility index (Phi) is 3.48. The molecule has 0 atom stereocenters. The van der Waals surface area contributed by atoms with Gasteiger partial charge in [0.15, 0.2) is 0 Å². The Morgan fingerprint density at radius 1 is 1.10 bits per heavy atom. The number of hydrogen-bond donors (Lipinski definition) is 1. The highest BCUT2D eigenvalue weighted by atomic mass is 16.2. The monoisotopic (exact) mass is 282 g/mol. The topological polar surface area (TPSA) is 48.5 Å². The molecule has 1 amide bonds. The lowest BCUT2D eigenvalue weighted by Gasteiger charge is -2.35. The van der Waals surface area contributed by atoms with Crippen molar-refractivity contribution < 1.29 is 4.79 Å². The molecule has 1 N–H and O–H groups in total. The summed E-state index contributed by atoms with van der Waals surface area (Å²) in [4.78, 5) is 21.1. The zero-order valence-electron chi connectivity index (χ0n) is 12.2. The Morgan fingerprint density at radius 2 is 1.86 bits per heavy atom. The van der Waals surface area contributed by atoms with Gasteiger partial charge in [0.2, 0.25) is 0 Å². The number of carbonyl (C=O) groups is 1. The maximum absolute atomic E-state index is 12.8. The Labute approximate surface area is 124 Å². The third-order valence-corrected chi connectivity index (χ3v) is 3.71. The van der Waals surface area contributed by atoms with Gasteiger partial charge in [0.05, 0.1) is 11.4 Å². The Morgan fingerprint density at radius 3 is 2.62 bits per heavy atom. The van der Waals surface area contributed by atoms with E-state index in [0.29, 0.717) is 18.1 Å². The fraction of sp³-hybridized carbons (Fsp3) is 0.250. The number of nitrogens with zero attached hydrogens (tertiary/aromatic N) is 3. The number of aromatic nitrogens is 1. The summed E-state index contributed by atoms with van der Waals surface area (Å²) in [5.74, 6) is 0.635. The molecule has 0 saturated heterocycles. The Balaban J connectivity index is 1.97. The van der Waals surface area contributed by atoms with E-state index in [4.69, 9.17) is 0 Å². The van der Waals surface area contributed by atoms with Crippen molar-refractivity contribution in [3.8, 4) is 0 Å². The van der Waals surface area contributed by atoms with Gasteiger partial charge in [-0.3, -0.25) is 4.79 Å². The first-order chi connectivity index (χ1) is 10.2. The number of rotatable bonds is 2. The molecule has 1 aliphatic rings. The normalized spacial score (nSPS) is 13.8. The second-order valence-corrected chi connectivity index (χ2v) is 5.03. The lowest BCUT2D eigenvalue weighted by Crippen LogP contribution is -2.43. The first-order valence-corrected chi connectivity index (χ1v) is 6.97. The molecule has 0 radical (unpaired) electrons. The molecule has 1 aliphatic heterocycles. The van der Waals surface area contributed by atoms with Crippen LogP contribution >= 0.6 is 0 Å². The number of para-hydroxylation sites is 2. The summed E-state index contributed by atoms with van der Waals surface area (Å²) >= 11 is 0. The molecule has 0 aliphatic carbocycles.